The number of thiazole rings is 1. The maximum atomic E-state index is 12.8. The van der Waals surface area contributed by atoms with E-state index >= 15 is 0 Å². The Morgan fingerprint density at radius 1 is 1.32 bits per heavy atom. The van der Waals surface area contributed by atoms with Crippen LogP contribution in [0, 0.1) is 6.92 Å². The van der Waals surface area contributed by atoms with Gasteiger partial charge in [0.05, 0.1) is 11.6 Å². The van der Waals surface area contributed by atoms with E-state index in [-0.39, 0.29) is 12.3 Å². The zero-order valence-corrected chi connectivity index (χ0v) is 17.1. The molecule has 1 heterocycles. The first kappa shape index (κ1) is 21.9. The minimum atomic E-state index is -2.92. The van der Waals surface area contributed by atoms with Crippen molar-refractivity contribution in [3.63, 3.8) is 0 Å². The number of guanidine groups is 1. The number of halogens is 2. The molecule has 0 aliphatic heterocycles. The quantitative estimate of drug-likeness (QED) is 0.353. The van der Waals surface area contributed by atoms with Crippen molar-refractivity contribution in [3.05, 3.63) is 39.8 Å². The smallest absolute Gasteiger partial charge is 0.387 e. The molecule has 154 valence electrons. The van der Waals surface area contributed by atoms with Gasteiger partial charge in [-0.3, -0.25) is 4.99 Å². The molecule has 9 heteroatoms. The molecular formula is C19H26F2N4O2S. The van der Waals surface area contributed by atoms with Crippen LogP contribution in [0.3, 0.4) is 0 Å². The Morgan fingerprint density at radius 3 is 2.79 bits per heavy atom. The molecule has 0 saturated heterocycles. The molecule has 2 rings (SSSR count). The van der Waals surface area contributed by atoms with Crippen LogP contribution >= 0.6 is 11.3 Å². The van der Waals surface area contributed by atoms with Gasteiger partial charge in [0.15, 0.2) is 17.5 Å². The van der Waals surface area contributed by atoms with Gasteiger partial charge in [0.2, 0.25) is 0 Å². The second-order valence-electron chi connectivity index (χ2n) is 5.89. The first-order chi connectivity index (χ1) is 13.5. The highest BCUT2D eigenvalue weighted by molar-refractivity contribution is 7.09. The van der Waals surface area contributed by atoms with Crippen molar-refractivity contribution >= 4 is 17.3 Å². The Balaban J connectivity index is 1.88. The minimum Gasteiger partial charge on any atom is -0.490 e. The molecule has 6 nitrogen and oxygen atoms in total. The lowest BCUT2D eigenvalue weighted by Crippen LogP contribution is -2.37. The topological polar surface area (TPSA) is 67.8 Å². The van der Waals surface area contributed by atoms with Gasteiger partial charge in [-0.1, -0.05) is 12.1 Å². The number of aromatic nitrogens is 1. The van der Waals surface area contributed by atoms with Crippen LogP contribution in [0.5, 0.6) is 11.5 Å². The van der Waals surface area contributed by atoms with Gasteiger partial charge in [-0.05, 0) is 26.3 Å². The molecule has 1 aromatic heterocycles. The third-order valence-electron chi connectivity index (χ3n) is 3.76. The largest absolute Gasteiger partial charge is 0.490 e. The lowest BCUT2D eigenvalue weighted by atomic mass is 10.2. The van der Waals surface area contributed by atoms with E-state index in [1.54, 1.807) is 43.5 Å². The van der Waals surface area contributed by atoms with Gasteiger partial charge in [0, 0.05) is 43.2 Å². The molecule has 0 fully saturated rings. The standard InChI is InChI=1S/C19H26F2N4O2S/c1-4-26-15-8-5-7-14(17(15)27-18(20)21)11-24-19(22-3)23-10-6-9-16-25-13(2)12-28-16/h5,7-8,12,18H,4,6,9-11H2,1-3H3,(H2,22,23,24). The number of rotatable bonds is 10. The van der Waals surface area contributed by atoms with Crippen LogP contribution < -0.4 is 20.1 Å². The van der Waals surface area contributed by atoms with E-state index in [1.807, 2.05) is 12.3 Å². The monoisotopic (exact) mass is 412 g/mol. The minimum absolute atomic E-state index is 0.0430. The number of aliphatic imine (C=N–C) groups is 1. The van der Waals surface area contributed by atoms with Crippen molar-refractivity contribution in [1.29, 1.82) is 0 Å². The van der Waals surface area contributed by atoms with E-state index in [0.717, 1.165) is 30.1 Å². The molecule has 1 aromatic carbocycles. The lowest BCUT2D eigenvalue weighted by molar-refractivity contribution is -0.0520. The summed E-state index contributed by atoms with van der Waals surface area (Å²) < 4.78 is 35.7. The number of nitrogens with zero attached hydrogens (tertiary/aromatic N) is 2. The van der Waals surface area contributed by atoms with Crippen LogP contribution in [-0.2, 0) is 13.0 Å². The van der Waals surface area contributed by atoms with E-state index in [1.165, 1.54) is 0 Å². The zero-order valence-electron chi connectivity index (χ0n) is 16.3. The van der Waals surface area contributed by atoms with Gasteiger partial charge in [-0.25, -0.2) is 4.98 Å². The summed E-state index contributed by atoms with van der Waals surface area (Å²) in [6, 6.07) is 5.07. The number of hydrogen-bond acceptors (Lipinski definition) is 5. The predicted octanol–water partition coefficient (Wildman–Crippen LogP) is 3.75. The van der Waals surface area contributed by atoms with Crippen molar-refractivity contribution < 1.29 is 18.3 Å². The highest BCUT2D eigenvalue weighted by atomic mass is 32.1. The number of para-hydroxylation sites is 1. The van der Waals surface area contributed by atoms with Gasteiger partial charge in [0.1, 0.15) is 0 Å². The second kappa shape index (κ2) is 11.4. The number of nitrogens with one attached hydrogen (secondary N) is 2. The molecule has 2 N–H and O–H groups in total. The number of alkyl halides is 2. The Bertz CT molecular complexity index is 768. The molecule has 0 radical (unpaired) electrons. The van der Waals surface area contributed by atoms with E-state index in [9.17, 15) is 8.78 Å². The van der Waals surface area contributed by atoms with E-state index < -0.39 is 6.61 Å². The summed E-state index contributed by atoms with van der Waals surface area (Å²) in [6.07, 6.45) is 1.80. The van der Waals surface area contributed by atoms with Crippen LogP contribution in [0.25, 0.3) is 0 Å². The van der Waals surface area contributed by atoms with E-state index in [2.05, 4.69) is 25.3 Å². The maximum absolute atomic E-state index is 12.8. The summed E-state index contributed by atoms with van der Waals surface area (Å²) in [5, 5.41) is 9.48. The first-order valence-corrected chi connectivity index (χ1v) is 9.96. The second-order valence-corrected chi connectivity index (χ2v) is 6.84. The fourth-order valence-electron chi connectivity index (χ4n) is 2.56. The van der Waals surface area contributed by atoms with Crippen LogP contribution in [0.2, 0.25) is 0 Å². The molecule has 0 atom stereocenters. The number of benzene rings is 1. The summed E-state index contributed by atoms with van der Waals surface area (Å²) in [5.41, 5.74) is 1.61. The summed E-state index contributed by atoms with van der Waals surface area (Å²) in [7, 11) is 1.66. The Hall–Kier alpha value is -2.42. The normalized spacial score (nSPS) is 11.6. The lowest BCUT2D eigenvalue weighted by Gasteiger charge is -2.17. The van der Waals surface area contributed by atoms with Crippen molar-refractivity contribution in [1.82, 2.24) is 15.6 Å². The number of aryl methyl sites for hydroxylation is 2. The maximum Gasteiger partial charge on any atom is 0.387 e. The van der Waals surface area contributed by atoms with Crippen molar-refractivity contribution in [3.8, 4) is 11.5 Å². The molecule has 28 heavy (non-hydrogen) atoms. The predicted molar refractivity (Wildman–Crippen MR) is 108 cm³/mol. The van der Waals surface area contributed by atoms with Crippen molar-refractivity contribution in [2.75, 3.05) is 20.2 Å². The molecule has 0 unspecified atom stereocenters. The fraction of sp³-hybridized carbons (Fsp3) is 0.474. The highest BCUT2D eigenvalue weighted by Gasteiger charge is 2.16. The molecule has 0 bridgehead atoms. The highest BCUT2D eigenvalue weighted by Crippen LogP contribution is 2.32. The number of hydrogen-bond donors (Lipinski definition) is 2. The Kier molecular flexibility index (Phi) is 8.93. The molecule has 2 aromatic rings. The van der Waals surface area contributed by atoms with E-state index in [4.69, 9.17) is 4.74 Å². The van der Waals surface area contributed by atoms with Crippen LogP contribution in [0.4, 0.5) is 8.78 Å². The van der Waals surface area contributed by atoms with Gasteiger partial charge in [-0.15, -0.1) is 11.3 Å². The average molecular weight is 413 g/mol. The molecule has 0 saturated carbocycles. The molecule has 0 amide bonds. The third-order valence-corrected chi connectivity index (χ3v) is 4.79. The number of ether oxygens (including phenoxy) is 2. The summed E-state index contributed by atoms with van der Waals surface area (Å²) in [6.45, 7) is 2.20. The van der Waals surface area contributed by atoms with Crippen LogP contribution in [-0.4, -0.2) is 37.8 Å². The van der Waals surface area contributed by atoms with Crippen LogP contribution in [0.1, 0.15) is 29.6 Å². The first-order valence-electron chi connectivity index (χ1n) is 9.08. The van der Waals surface area contributed by atoms with Crippen molar-refractivity contribution in [2.45, 2.75) is 39.8 Å². The third kappa shape index (κ3) is 6.95. The summed E-state index contributed by atoms with van der Waals surface area (Å²) >= 11 is 1.66. The van der Waals surface area contributed by atoms with Gasteiger partial charge in [-0.2, -0.15) is 8.78 Å². The fourth-order valence-corrected chi connectivity index (χ4v) is 3.37. The van der Waals surface area contributed by atoms with E-state index in [0.29, 0.717) is 23.9 Å². The average Bonchev–Trinajstić information content (AvgIpc) is 3.08. The molecule has 0 aliphatic rings. The van der Waals surface area contributed by atoms with Gasteiger partial charge in [0.25, 0.3) is 0 Å². The molecule has 0 aliphatic carbocycles. The SMILES string of the molecule is CCOc1cccc(CNC(=NC)NCCCc2nc(C)cs2)c1OC(F)F. The Labute approximate surface area is 168 Å². The Morgan fingerprint density at radius 2 is 2.14 bits per heavy atom. The molecule has 0 spiro atoms. The van der Waals surface area contributed by atoms with Crippen molar-refractivity contribution in [2.24, 2.45) is 4.99 Å². The molecular weight excluding hydrogens is 386 g/mol. The van der Waals surface area contributed by atoms with Crippen LogP contribution in [0.15, 0.2) is 28.6 Å². The van der Waals surface area contributed by atoms with Gasteiger partial charge < -0.3 is 20.1 Å². The summed E-state index contributed by atoms with van der Waals surface area (Å²) in [5.74, 6) is 0.922. The zero-order chi connectivity index (χ0) is 20.4. The summed E-state index contributed by atoms with van der Waals surface area (Å²) in [4.78, 5) is 8.60. The van der Waals surface area contributed by atoms with Gasteiger partial charge >= 0.3 is 6.61 Å².